The summed E-state index contributed by atoms with van der Waals surface area (Å²) >= 11 is 6.01. The Morgan fingerprint density at radius 3 is 2.42 bits per heavy atom. The van der Waals surface area contributed by atoms with Crippen LogP contribution in [-0.2, 0) is 11.3 Å². The fourth-order valence-electron chi connectivity index (χ4n) is 4.24. The molecule has 2 aromatic carbocycles. The average molecular weight is 341 g/mol. The maximum atomic E-state index is 12.5. The molecule has 3 aliphatic rings. The van der Waals surface area contributed by atoms with Gasteiger partial charge in [-0.3, -0.25) is 9.69 Å². The topological polar surface area (TPSA) is 46.3 Å². The van der Waals surface area contributed by atoms with Gasteiger partial charge < -0.3 is 5.73 Å². The van der Waals surface area contributed by atoms with Crippen molar-refractivity contribution < 1.29 is 4.79 Å². The Morgan fingerprint density at radius 2 is 1.75 bits per heavy atom. The van der Waals surface area contributed by atoms with Gasteiger partial charge >= 0.3 is 0 Å². The normalized spacial score (nSPS) is 26.7. The Labute approximate surface area is 147 Å². The number of anilines is 1. The fourth-order valence-corrected chi connectivity index (χ4v) is 4.36. The van der Waals surface area contributed by atoms with Crippen molar-refractivity contribution in [1.82, 2.24) is 4.90 Å². The molecule has 2 saturated heterocycles. The average Bonchev–Trinajstić information content (AvgIpc) is 2.59. The van der Waals surface area contributed by atoms with Gasteiger partial charge in [0.05, 0.1) is 0 Å². The lowest BCUT2D eigenvalue weighted by atomic mass is 9.71. The molecule has 0 radical (unpaired) electrons. The van der Waals surface area contributed by atoms with E-state index in [4.69, 9.17) is 17.3 Å². The van der Waals surface area contributed by atoms with Crippen molar-refractivity contribution in [3.8, 4) is 0 Å². The highest BCUT2D eigenvalue weighted by molar-refractivity contribution is 6.30. The molecule has 124 valence electrons. The summed E-state index contributed by atoms with van der Waals surface area (Å²) < 4.78 is 0. The monoisotopic (exact) mass is 340 g/mol. The first-order valence-corrected chi connectivity index (χ1v) is 8.88. The Hall–Kier alpha value is -1.84. The molecule has 2 N–H and O–H groups in total. The third kappa shape index (κ3) is 2.83. The molecule has 2 heterocycles. The van der Waals surface area contributed by atoms with Gasteiger partial charge in [-0.15, -0.1) is 0 Å². The van der Waals surface area contributed by atoms with E-state index in [1.807, 2.05) is 24.3 Å². The standard InChI is InChI=1S/C20H21ClN2O/c21-15-5-1-13(2-6-15)12-23-17-9-10-18(19(24)11-17)20(23)14-3-7-16(22)8-4-14/h1-8,17-18,20H,9-12,22H2. The molecule has 4 heteroatoms. The maximum absolute atomic E-state index is 12.5. The SMILES string of the molecule is Nc1ccc(C2C3CCC(CC3=O)N2Cc2ccc(Cl)cc2)cc1. The van der Waals surface area contributed by atoms with E-state index in [2.05, 4.69) is 29.2 Å². The summed E-state index contributed by atoms with van der Waals surface area (Å²) in [7, 11) is 0. The van der Waals surface area contributed by atoms with Gasteiger partial charge in [-0.1, -0.05) is 35.9 Å². The van der Waals surface area contributed by atoms with E-state index in [-0.39, 0.29) is 12.0 Å². The molecule has 1 aliphatic carbocycles. The third-order valence-electron chi connectivity index (χ3n) is 5.43. The van der Waals surface area contributed by atoms with Crippen molar-refractivity contribution in [3.05, 3.63) is 64.7 Å². The predicted octanol–water partition coefficient (Wildman–Crippen LogP) is 4.22. The second-order valence-electron chi connectivity index (χ2n) is 6.92. The molecule has 0 spiro atoms. The molecule has 3 fully saturated rings. The quantitative estimate of drug-likeness (QED) is 0.851. The number of rotatable bonds is 3. The first kappa shape index (κ1) is 15.7. The minimum absolute atomic E-state index is 0.103. The summed E-state index contributed by atoms with van der Waals surface area (Å²) in [5, 5.41) is 0.754. The summed E-state index contributed by atoms with van der Waals surface area (Å²) in [4.78, 5) is 15.0. The van der Waals surface area contributed by atoms with Crippen LogP contribution in [0.2, 0.25) is 5.02 Å². The summed E-state index contributed by atoms with van der Waals surface area (Å²) in [6.07, 6.45) is 2.79. The molecular formula is C20H21ClN2O. The van der Waals surface area contributed by atoms with Crippen molar-refractivity contribution >= 4 is 23.1 Å². The Balaban J connectivity index is 1.67. The number of piperidine rings is 2. The number of nitrogens with two attached hydrogens (primary N) is 1. The maximum Gasteiger partial charge on any atom is 0.139 e. The summed E-state index contributed by atoms with van der Waals surface area (Å²) in [5.74, 6) is 0.520. The zero-order valence-electron chi connectivity index (χ0n) is 13.5. The lowest BCUT2D eigenvalue weighted by Crippen LogP contribution is -2.53. The molecule has 2 aromatic rings. The van der Waals surface area contributed by atoms with E-state index in [0.29, 0.717) is 18.2 Å². The molecule has 3 unspecified atom stereocenters. The number of benzene rings is 2. The predicted molar refractivity (Wildman–Crippen MR) is 96.7 cm³/mol. The van der Waals surface area contributed by atoms with E-state index in [1.165, 1.54) is 11.1 Å². The Bertz CT molecular complexity index is 741. The highest BCUT2D eigenvalue weighted by Gasteiger charge is 2.46. The summed E-state index contributed by atoms with van der Waals surface area (Å²) in [5.41, 5.74) is 9.03. The van der Waals surface area contributed by atoms with Crippen LogP contribution >= 0.6 is 11.6 Å². The molecule has 5 rings (SSSR count). The lowest BCUT2D eigenvalue weighted by Gasteiger charge is -2.50. The first-order valence-electron chi connectivity index (χ1n) is 8.50. The number of carbonyl (C=O) groups excluding carboxylic acids is 1. The van der Waals surface area contributed by atoms with Crippen molar-refractivity contribution in [1.29, 1.82) is 0 Å². The number of fused-ring (bicyclic) bond motifs is 3. The van der Waals surface area contributed by atoms with Crippen LogP contribution in [0.15, 0.2) is 48.5 Å². The molecule has 1 saturated carbocycles. The zero-order chi connectivity index (χ0) is 16.7. The minimum Gasteiger partial charge on any atom is -0.399 e. The van der Waals surface area contributed by atoms with E-state index < -0.39 is 0 Å². The van der Waals surface area contributed by atoms with Crippen LogP contribution in [0, 0.1) is 5.92 Å². The van der Waals surface area contributed by atoms with E-state index in [9.17, 15) is 4.79 Å². The van der Waals surface area contributed by atoms with E-state index in [0.717, 1.165) is 30.1 Å². The van der Waals surface area contributed by atoms with Crippen LogP contribution in [-0.4, -0.2) is 16.7 Å². The Morgan fingerprint density at radius 1 is 1.04 bits per heavy atom. The van der Waals surface area contributed by atoms with Crippen LogP contribution in [0.3, 0.4) is 0 Å². The third-order valence-corrected chi connectivity index (χ3v) is 5.68. The second kappa shape index (κ2) is 6.23. The molecule has 0 amide bonds. The van der Waals surface area contributed by atoms with Crippen LogP contribution in [0.5, 0.6) is 0 Å². The summed E-state index contributed by atoms with van der Waals surface area (Å²) in [6.45, 7) is 0.848. The van der Waals surface area contributed by atoms with E-state index in [1.54, 1.807) is 0 Å². The van der Waals surface area contributed by atoms with Gasteiger partial charge in [0.1, 0.15) is 5.78 Å². The smallest absolute Gasteiger partial charge is 0.139 e. The molecule has 0 aromatic heterocycles. The highest BCUT2D eigenvalue weighted by atomic mass is 35.5. The fraction of sp³-hybridized carbons (Fsp3) is 0.350. The molecule has 2 bridgehead atoms. The minimum atomic E-state index is 0.103. The molecular weight excluding hydrogens is 320 g/mol. The second-order valence-corrected chi connectivity index (χ2v) is 7.35. The van der Waals surface area contributed by atoms with Gasteiger partial charge in [0.25, 0.3) is 0 Å². The van der Waals surface area contributed by atoms with Gasteiger partial charge in [0.2, 0.25) is 0 Å². The molecule has 3 atom stereocenters. The van der Waals surface area contributed by atoms with Crippen molar-refractivity contribution in [3.63, 3.8) is 0 Å². The molecule has 3 nitrogen and oxygen atoms in total. The summed E-state index contributed by atoms with van der Waals surface area (Å²) in [6, 6.07) is 16.5. The highest BCUT2D eigenvalue weighted by Crippen LogP contribution is 2.46. The number of nitrogens with zero attached hydrogens (tertiary/aromatic N) is 1. The van der Waals surface area contributed by atoms with Gasteiger partial charge in [-0.25, -0.2) is 0 Å². The van der Waals surface area contributed by atoms with E-state index >= 15 is 0 Å². The molecule has 2 aliphatic heterocycles. The van der Waals surface area contributed by atoms with Crippen molar-refractivity contribution in [2.75, 3.05) is 5.73 Å². The van der Waals surface area contributed by atoms with Gasteiger partial charge in [0, 0.05) is 41.7 Å². The molecule has 24 heavy (non-hydrogen) atoms. The van der Waals surface area contributed by atoms with Crippen LogP contribution in [0.25, 0.3) is 0 Å². The zero-order valence-corrected chi connectivity index (χ0v) is 14.2. The van der Waals surface area contributed by atoms with Gasteiger partial charge in [-0.2, -0.15) is 0 Å². The number of hydrogen-bond acceptors (Lipinski definition) is 3. The number of hydrogen-bond donors (Lipinski definition) is 1. The Kier molecular flexibility index (Phi) is 4.07. The largest absolute Gasteiger partial charge is 0.399 e. The van der Waals surface area contributed by atoms with Crippen molar-refractivity contribution in [2.24, 2.45) is 5.92 Å². The van der Waals surface area contributed by atoms with Crippen molar-refractivity contribution in [2.45, 2.75) is 37.9 Å². The number of halogens is 1. The van der Waals surface area contributed by atoms with Crippen LogP contribution < -0.4 is 5.73 Å². The number of ketones is 1. The number of Topliss-reactive ketones (excluding diaryl/α,β-unsaturated/α-hetero) is 1. The number of nitrogen functional groups attached to an aromatic ring is 1. The first-order chi connectivity index (χ1) is 11.6. The van der Waals surface area contributed by atoms with Crippen LogP contribution in [0.1, 0.15) is 36.4 Å². The van der Waals surface area contributed by atoms with Crippen LogP contribution in [0.4, 0.5) is 5.69 Å². The van der Waals surface area contributed by atoms with Gasteiger partial charge in [0.15, 0.2) is 0 Å². The number of carbonyl (C=O) groups is 1. The van der Waals surface area contributed by atoms with Gasteiger partial charge in [-0.05, 0) is 48.2 Å². The lowest BCUT2D eigenvalue weighted by molar-refractivity contribution is -0.138.